The van der Waals surface area contributed by atoms with Gasteiger partial charge in [0.15, 0.2) is 0 Å². The molecular formula is C13H18F3N3O. The molecule has 0 aromatic carbocycles. The van der Waals surface area contributed by atoms with E-state index in [2.05, 4.69) is 23.8 Å². The van der Waals surface area contributed by atoms with Crippen molar-refractivity contribution in [2.45, 2.75) is 45.4 Å². The van der Waals surface area contributed by atoms with E-state index in [4.69, 9.17) is 10.5 Å². The summed E-state index contributed by atoms with van der Waals surface area (Å²) in [7, 11) is 0. The van der Waals surface area contributed by atoms with Gasteiger partial charge in [0, 0.05) is 6.07 Å². The second-order valence-corrected chi connectivity index (χ2v) is 5.61. The van der Waals surface area contributed by atoms with Crippen LogP contribution in [0.1, 0.15) is 38.9 Å². The summed E-state index contributed by atoms with van der Waals surface area (Å²) in [6.07, 6.45) is -2.00. The summed E-state index contributed by atoms with van der Waals surface area (Å²) >= 11 is 0. The van der Waals surface area contributed by atoms with Gasteiger partial charge in [0.1, 0.15) is 11.9 Å². The van der Waals surface area contributed by atoms with E-state index in [1.165, 1.54) is 6.07 Å². The number of halogens is 3. The molecule has 1 heterocycles. The van der Waals surface area contributed by atoms with Crippen LogP contribution in [0.25, 0.3) is 0 Å². The number of hydrogen-bond donors (Lipinski definition) is 1. The van der Waals surface area contributed by atoms with Crippen molar-refractivity contribution in [2.24, 2.45) is 11.8 Å². The third-order valence-corrected chi connectivity index (χ3v) is 3.40. The number of hydrogen-bond acceptors (Lipinski definition) is 4. The van der Waals surface area contributed by atoms with Gasteiger partial charge in [0.05, 0.1) is 0 Å². The molecule has 20 heavy (non-hydrogen) atoms. The van der Waals surface area contributed by atoms with Gasteiger partial charge in [0.2, 0.25) is 11.7 Å². The zero-order chi connectivity index (χ0) is 14.9. The van der Waals surface area contributed by atoms with Crippen molar-refractivity contribution in [3.05, 3.63) is 11.9 Å². The number of rotatable bonds is 2. The number of anilines is 1. The van der Waals surface area contributed by atoms with Crippen LogP contribution >= 0.6 is 0 Å². The Balaban J connectivity index is 2.15. The number of aromatic nitrogens is 2. The maximum absolute atomic E-state index is 12.6. The largest absolute Gasteiger partial charge is 0.474 e. The molecule has 2 N–H and O–H groups in total. The molecule has 1 aromatic rings. The van der Waals surface area contributed by atoms with Crippen molar-refractivity contribution in [3.8, 4) is 5.88 Å². The van der Waals surface area contributed by atoms with Crippen molar-refractivity contribution in [3.63, 3.8) is 0 Å². The second kappa shape index (κ2) is 5.46. The standard InChI is InChI=1S/C13H18F3N3O/c1-7-3-8(2)5-9(4-7)20-11-6-10(17)18-12(19-11)13(14,15)16/h6-9H,3-5H2,1-2H3,(H2,17,18,19). The highest BCUT2D eigenvalue weighted by molar-refractivity contribution is 5.33. The summed E-state index contributed by atoms with van der Waals surface area (Å²) in [6, 6.07) is 1.24. The minimum absolute atomic E-state index is 0.101. The van der Waals surface area contributed by atoms with Crippen LogP contribution in [-0.2, 0) is 6.18 Å². The summed E-state index contributed by atoms with van der Waals surface area (Å²) in [6.45, 7) is 4.23. The van der Waals surface area contributed by atoms with E-state index in [1.807, 2.05) is 0 Å². The van der Waals surface area contributed by atoms with Gasteiger partial charge >= 0.3 is 6.18 Å². The number of nitrogens with zero attached hydrogens (tertiary/aromatic N) is 2. The van der Waals surface area contributed by atoms with Gasteiger partial charge in [0.25, 0.3) is 0 Å². The minimum atomic E-state index is -4.62. The molecule has 0 bridgehead atoms. The zero-order valence-corrected chi connectivity index (χ0v) is 11.4. The number of nitrogens with two attached hydrogens (primary N) is 1. The lowest BCUT2D eigenvalue weighted by molar-refractivity contribution is -0.145. The first kappa shape index (κ1) is 14.9. The zero-order valence-electron chi connectivity index (χ0n) is 11.4. The quantitative estimate of drug-likeness (QED) is 0.907. The molecule has 4 nitrogen and oxygen atoms in total. The molecule has 1 aliphatic rings. The minimum Gasteiger partial charge on any atom is -0.474 e. The fourth-order valence-corrected chi connectivity index (χ4v) is 2.77. The first-order valence-electron chi connectivity index (χ1n) is 6.62. The van der Waals surface area contributed by atoms with E-state index in [1.54, 1.807) is 0 Å². The molecule has 0 spiro atoms. The molecule has 0 aliphatic heterocycles. The van der Waals surface area contributed by atoms with Gasteiger partial charge in [-0.1, -0.05) is 13.8 Å². The Bertz CT molecular complexity index is 468. The summed E-state index contributed by atoms with van der Waals surface area (Å²) in [4.78, 5) is 6.60. The van der Waals surface area contributed by atoms with Crippen LogP contribution in [0.2, 0.25) is 0 Å². The topological polar surface area (TPSA) is 61.0 Å². The molecule has 7 heteroatoms. The summed E-state index contributed by atoms with van der Waals surface area (Å²) in [5.74, 6) is -0.616. The molecule has 0 amide bonds. The van der Waals surface area contributed by atoms with Gasteiger partial charge in [-0.15, -0.1) is 0 Å². The highest BCUT2D eigenvalue weighted by Gasteiger charge is 2.36. The molecule has 1 aromatic heterocycles. The van der Waals surface area contributed by atoms with Crippen LogP contribution in [-0.4, -0.2) is 16.1 Å². The van der Waals surface area contributed by atoms with Crippen molar-refractivity contribution in [1.29, 1.82) is 0 Å². The van der Waals surface area contributed by atoms with E-state index >= 15 is 0 Å². The lowest BCUT2D eigenvalue weighted by atomic mass is 9.82. The van der Waals surface area contributed by atoms with Crippen LogP contribution < -0.4 is 10.5 Å². The average Bonchev–Trinajstić information content (AvgIpc) is 2.25. The third kappa shape index (κ3) is 3.74. The maximum atomic E-state index is 12.6. The number of nitrogen functional groups attached to an aromatic ring is 1. The Morgan fingerprint density at radius 3 is 2.30 bits per heavy atom. The molecule has 1 saturated carbocycles. The van der Waals surface area contributed by atoms with Crippen LogP contribution in [0.15, 0.2) is 6.07 Å². The van der Waals surface area contributed by atoms with Gasteiger partial charge < -0.3 is 10.5 Å². The molecule has 1 aliphatic carbocycles. The van der Waals surface area contributed by atoms with E-state index in [-0.39, 0.29) is 17.8 Å². The highest BCUT2D eigenvalue weighted by Crippen LogP contribution is 2.32. The smallest absolute Gasteiger partial charge is 0.451 e. The Labute approximate surface area is 115 Å². The molecule has 112 valence electrons. The molecule has 2 atom stereocenters. The second-order valence-electron chi connectivity index (χ2n) is 5.61. The number of ether oxygens (including phenoxy) is 1. The number of alkyl halides is 3. The first-order valence-corrected chi connectivity index (χ1v) is 6.62. The van der Waals surface area contributed by atoms with Crippen molar-refractivity contribution < 1.29 is 17.9 Å². The SMILES string of the molecule is CC1CC(C)CC(Oc2cc(N)nc(C(F)(F)F)n2)C1. The molecule has 2 unspecified atom stereocenters. The van der Waals surface area contributed by atoms with Crippen LogP contribution in [0, 0.1) is 11.8 Å². The molecule has 2 rings (SSSR count). The van der Waals surface area contributed by atoms with Crippen LogP contribution in [0.3, 0.4) is 0 Å². The van der Waals surface area contributed by atoms with Gasteiger partial charge in [-0.05, 0) is 31.1 Å². The van der Waals surface area contributed by atoms with Crippen molar-refractivity contribution >= 4 is 5.82 Å². The van der Waals surface area contributed by atoms with E-state index in [9.17, 15) is 13.2 Å². The van der Waals surface area contributed by atoms with Crippen LogP contribution in [0.5, 0.6) is 5.88 Å². The fourth-order valence-electron chi connectivity index (χ4n) is 2.77. The Kier molecular flexibility index (Phi) is 4.06. The normalized spacial score (nSPS) is 27.4. The summed E-state index contributed by atoms with van der Waals surface area (Å²) in [5.41, 5.74) is 5.38. The van der Waals surface area contributed by atoms with Gasteiger partial charge in [-0.25, -0.2) is 4.98 Å². The van der Waals surface area contributed by atoms with E-state index in [0.717, 1.165) is 19.3 Å². The maximum Gasteiger partial charge on any atom is 0.451 e. The lowest BCUT2D eigenvalue weighted by Gasteiger charge is -2.31. The summed E-state index contributed by atoms with van der Waals surface area (Å²) < 4.78 is 43.4. The Morgan fingerprint density at radius 2 is 1.75 bits per heavy atom. The van der Waals surface area contributed by atoms with Crippen molar-refractivity contribution in [2.75, 3.05) is 5.73 Å². The van der Waals surface area contributed by atoms with E-state index in [0.29, 0.717) is 11.8 Å². The third-order valence-electron chi connectivity index (χ3n) is 3.40. The van der Waals surface area contributed by atoms with Crippen molar-refractivity contribution in [1.82, 2.24) is 9.97 Å². The lowest BCUT2D eigenvalue weighted by Crippen LogP contribution is -2.29. The van der Waals surface area contributed by atoms with Gasteiger partial charge in [-0.3, -0.25) is 0 Å². The van der Waals surface area contributed by atoms with E-state index < -0.39 is 12.0 Å². The monoisotopic (exact) mass is 289 g/mol. The Hall–Kier alpha value is -1.53. The summed E-state index contributed by atoms with van der Waals surface area (Å²) in [5, 5.41) is 0. The van der Waals surface area contributed by atoms with Crippen LogP contribution in [0.4, 0.5) is 19.0 Å². The Morgan fingerprint density at radius 1 is 1.15 bits per heavy atom. The molecular weight excluding hydrogens is 271 g/mol. The fraction of sp³-hybridized carbons (Fsp3) is 0.692. The molecule has 0 radical (unpaired) electrons. The average molecular weight is 289 g/mol. The predicted octanol–water partition coefficient (Wildman–Crippen LogP) is 3.28. The molecule has 1 fully saturated rings. The predicted molar refractivity (Wildman–Crippen MR) is 68.0 cm³/mol. The first-order chi connectivity index (χ1) is 9.24. The highest BCUT2D eigenvalue weighted by atomic mass is 19.4. The van der Waals surface area contributed by atoms with Gasteiger partial charge in [-0.2, -0.15) is 18.2 Å². The molecule has 0 saturated heterocycles.